The van der Waals surface area contributed by atoms with Gasteiger partial charge in [-0.25, -0.2) is 4.68 Å². The average Bonchev–Trinajstić information content (AvgIpc) is 3.14. The number of nitrogens with zero attached hydrogens (tertiary/aromatic N) is 3. The third-order valence-corrected chi connectivity index (χ3v) is 4.66. The van der Waals surface area contributed by atoms with E-state index >= 15 is 0 Å². The number of ether oxygens (including phenoxy) is 3. The third kappa shape index (κ3) is 4.58. The number of methoxy groups -OCH3 is 1. The Morgan fingerprint density at radius 3 is 2.48 bits per heavy atom. The molecule has 0 spiro atoms. The summed E-state index contributed by atoms with van der Waals surface area (Å²) in [6.45, 7) is 2.55. The summed E-state index contributed by atoms with van der Waals surface area (Å²) in [5, 5.41) is 13.4. The number of hydrogen-bond acceptors (Lipinski definition) is 7. The van der Waals surface area contributed by atoms with Gasteiger partial charge in [-0.1, -0.05) is 5.21 Å². The van der Waals surface area contributed by atoms with E-state index in [1.54, 1.807) is 56.5 Å². The van der Waals surface area contributed by atoms with E-state index < -0.39 is 5.91 Å². The van der Waals surface area contributed by atoms with Crippen molar-refractivity contribution in [2.45, 2.75) is 13.5 Å². The molecular formula is C21H21N5O5. The van der Waals surface area contributed by atoms with Gasteiger partial charge in [-0.15, -0.1) is 5.10 Å². The number of anilines is 2. The molecule has 0 aliphatic carbocycles. The van der Waals surface area contributed by atoms with Gasteiger partial charge in [0.05, 0.1) is 12.8 Å². The van der Waals surface area contributed by atoms with Crippen LogP contribution < -0.4 is 24.8 Å². The normalized spacial score (nSPS) is 12.2. The summed E-state index contributed by atoms with van der Waals surface area (Å²) >= 11 is 0. The molecule has 2 N–H and O–H groups in total. The van der Waals surface area contributed by atoms with Gasteiger partial charge in [0.1, 0.15) is 25.5 Å². The fraction of sp³-hybridized carbons (Fsp3) is 0.238. The van der Waals surface area contributed by atoms with E-state index in [2.05, 4.69) is 20.9 Å². The predicted molar refractivity (Wildman–Crippen MR) is 112 cm³/mol. The van der Waals surface area contributed by atoms with Gasteiger partial charge in [0.2, 0.25) is 5.91 Å². The number of aromatic nitrogens is 3. The van der Waals surface area contributed by atoms with Gasteiger partial charge in [0.25, 0.3) is 5.91 Å². The van der Waals surface area contributed by atoms with E-state index in [1.807, 2.05) is 0 Å². The van der Waals surface area contributed by atoms with E-state index in [0.717, 1.165) is 0 Å². The van der Waals surface area contributed by atoms with Crippen molar-refractivity contribution in [1.29, 1.82) is 0 Å². The number of benzene rings is 2. The Morgan fingerprint density at radius 1 is 1.03 bits per heavy atom. The number of amides is 2. The van der Waals surface area contributed by atoms with E-state index in [1.165, 1.54) is 4.68 Å². The van der Waals surface area contributed by atoms with Gasteiger partial charge in [-0.3, -0.25) is 9.59 Å². The molecule has 4 rings (SSSR count). The van der Waals surface area contributed by atoms with Gasteiger partial charge in [0, 0.05) is 17.4 Å². The number of fused-ring (bicyclic) bond motifs is 1. The van der Waals surface area contributed by atoms with E-state index in [0.29, 0.717) is 47.5 Å². The zero-order valence-corrected chi connectivity index (χ0v) is 17.0. The standard InChI is InChI=1S/C21H21N5O5/c1-13-20(21(28)23-14-3-6-16(29-2)7-4-14)24-25-26(13)12-19(27)22-15-5-8-17-18(11-15)31-10-9-30-17/h3-8,11H,9-10,12H2,1-2H3,(H,22,27)(H,23,28). The maximum atomic E-state index is 12.5. The first-order valence-electron chi connectivity index (χ1n) is 9.58. The fourth-order valence-corrected chi connectivity index (χ4v) is 3.04. The van der Waals surface area contributed by atoms with Crippen LogP contribution in [0.25, 0.3) is 0 Å². The molecule has 3 aromatic rings. The molecule has 0 saturated carbocycles. The second kappa shape index (κ2) is 8.74. The topological polar surface area (TPSA) is 117 Å². The number of nitrogens with one attached hydrogen (secondary N) is 2. The van der Waals surface area contributed by atoms with Crippen molar-refractivity contribution in [3.8, 4) is 17.2 Å². The lowest BCUT2D eigenvalue weighted by molar-refractivity contribution is -0.117. The lowest BCUT2D eigenvalue weighted by atomic mass is 10.2. The molecule has 2 heterocycles. The summed E-state index contributed by atoms with van der Waals surface area (Å²) < 4.78 is 17.5. The Hall–Kier alpha value is -4.08. The van der Waals surface area contributed by atoms with Crippen LogP contribution >= 0.6 is 0 Å². The van der Waals surface area contributed by atoms with Gasteiger partial charge < -0.3 is 24.8 Å². The average molecular weight is 423 g/mol. The molecule has 1 aromatic heterocycles. The maximum Gasteiger partial charge on any atom is 0.278 e. The molecule has 0 atom stereocenters. The van der Waals surface area contributed by atoms with Crippen LogP contribution in [-0.2, 0) is 11.3 Å². The molecule has 0 saturated heterocycles. The van der Waals surface area contributed by atoms with E-state index in [9.17, 15) is 9.59 Å². The summed E-state index contributed by atoms with van der Waals surface area (Å²) in [5.74, 6) is 1.18. The van der Waals surface area contributed by atoms with Crippen LogP contribution in [0.4, 0.5) is 11.4 Å². The third-order valence-electron chi connectivity index (χ3n) is 4.66. The van der Waals surface area contributed by atoms with Crippen molar-refractivity contribution >= 4 is 23.2 Å². The molecule has 0 fully saturated rings. The van der Waals surface area contributed by atoms with Gasteiger partial charge in [-0.05, 0) is 43.3 Å². The molecule has 0 radical (unpaired) electrons. The summed E-state index contributed by atoms with van der Waals surface area (Å²) in [6.07, 6.45) is 0. The minimum Gasteiger partial charge on any atom is -0.497 e. The Labute approximate surface area is 178 Å². The molecule has 31 heavy (non-hydrogen) atoms. The number of carbonyl (C=O) groups excluding carboxylic acids is 2. The highest BCUT2D eigenvalue weighted by Gasteiger charge is 2.19. The second-order valence-electron chi connectivity index (χ2n) is 6.77. The van der Waals surface area contributed by atoms with Crippen LogP contribution in [0, 0.1) is 6.92 Å². The molecule has 0 unspecified atom stereocenters. The van der Waals surface area contributed by atoms with Crippen LogP contribution in [0.5, 0.6) is 17.2 Å². The Bertz CT molecular complexity index is 1110. The summed E-state index contributed by atoms with van der Waals surface area (Å²) in [4.78, 5) is 25.0. The monoisotopic (exact) mass is 423 g/mol. The maximum absolute atomic E-state index is 12.5. The first-order chi connectivity index (χ1) is 15.0. The predicted octanol–water partition coefficient (Wildman–Crippen LogP) is 2.26. The summed E-state index contributed by atoms with van der Waals surface area (Å²) in [5.41, 5.74) is 1.78. The minimum absolute atomic E-state index is 0.0942. The second-order valence-corrected chi connectivity index (χ2v) is 6.77. The molecule has 0 bridgehead atoms. The van der Waals surface area contributed by atoms with Crippen molar-refractivity contribution in [2.24, 2.45) is 0 Å². The van der Waals surface area contributed by atoms with Crippen molar-refractivity contribution in [3.63, 3.8) is 0 Å². The molecule has 1 aliphatic rings. The molecule has 160 valence electrons. The van der Waals surface area contributed by atoms with E-state index in [-0.39, 0.29) is 18.1 Å². The van der Waals surface area contributed by atoms with Gasteiger partial charge >= 0.3 is 0 Å². The summed E-state index contributed by atoms with van der Waals surface area (Å²) in [6, 6.07) is 12.1. The Morgan fingerprint density at radius 2 is 1.74 bits per heavy atom. The van der Waals surface area contributed by atoms with Crippen LogP contribution in [0.15, 0.2) is 42.5 Å². The van der Waals surface area contributed by atoms with Crippen LogP contribution in [-0.4, -0.2) is 47.1 Å². The van der Waals surface area contributed by atoms with Crippen LogP contribution in [0.1, 0.15) is 16.2 Å². The SMILES string of the molecule is COc1ccc(NC(=O)c2nnn(CC(=O)Nc3ccc4c(c3)OCCO4)c2C)cc1. The lowest BCUT2D eigenvalue weighted by Crippen LogP contribution is -2.21. The number of hydrogen-bond donors (Lipinski definition) is 2. The smallest absolute Gasteiger partial charge is 0.278 e. The quantitative estimate of drug-likeness (QED) is 0.625. The first kappa shape index (κ1) is 20.2. The van der Waals surface area contributed by atoms with Crippen molar-refractivity contribution in [1.82, 2.24) is 15.0 Å². The minimum atomic E-state index is -0.416. The van der Waals surface area contributed by atoms with Crippen molar-refractivity contribution < 1.29 is 23.8 Å². The fourth-order valence-electron chi connectivity index (χ4n) is 3.04. The zero-order valence-electron chi connectivity index (χ0n) is 17.0. The zero-order chi connectivity index (χ0) is 21.8. The first-order valence-corrected chi connectivity index (χ1v) is 9.58. The highest BCUT2D eigenvalue weighted by molar-refractivity contribution is 6.03. The number of carbonyl (C=O) groups is 2. The molecule has 10 nitrogen and oxygen atoms in total. The van der Waals surface area contributed by atoms with Gasteiger partial charge in [-0.2, -0.15) is 0 Å². The Balaban J connectivity index is 1.39. The van der Waals surface area contributed by atoms with Crippen LogP contribution in [0.2, 0.25) is 0 Å². The highest BCUT2D eigenvalue weighted by atomic mass is 16.6. The lowest BCUT2D eigenvalue weighted by Gasteiger charge is -2.19. The van der Waals surface area contributed by atoms with Crippen molar-refractivity contribution in [3.05, 3.63) is 53.9 Å². The molecule has 10 heteroatoms. The largest absolute Gasteiger partial charge is 0.497 e. The molecular weight excluding hydrogens is 402 g/mol. The van der Waals surface area contributed by atoms with Gasteiger partial charge in [0.15, 0.2) is 17.2 Å². The van der Waals surface area contributed by atoms with E-state index in [4.69, 9.17) is 14.2 Å². The summed E-state index contributed by atoms with van der Waals surface area (Å²) in [7, 11) is 1.57. The number of rotatable bonds is 6. The van der Waals surface area contributed by atoms with Crippen LogP contribution in [0.3, 0.4) is 0 Å². The molecule has 2 amide bonds. The molecule has 2 aromatic carbocycles. The Kier molecular flexibility index (Phi) is 5.69. The van der Waals surface area contributed by atoms with Crippen molar-refractivity contribution in [2.75, 3.05) is 31.0 Å². The highest BCUT2D eigenvalue weighted by Crippen LogP contribution is 2.32. The molecule has 1 aliphatic heterocycles.